The molecule has 0 atom stereocenters. The highest BCUT2D eigenvalue weighted by Gasteiger charge is 2.19. The largest absolute Gasteiger partial charge is 0.319 e. The lowest BCUT2D eigenvalue weighted by molar-refractivity contribution is -0.384. The molecule has 0 aliphatic heterocycles. The van der Waals surface area contributed by atoms with Crippen LogP contribution in [0.5, 0.6) is 0 Å². The average Bonchev–Trinajstić information content (AvgIpc) is 2.91. The Balaban J connectivity index is 1.86. The summed E-state index contributed by atoms with van der Waals surface area (Å²) in [6.07, 6.45) is 0. The number of amides is 1. The minimum atomic E-state index is -0.615. The maximum atomic E-state index is 12.6. The molecule has 0 aliphatic carbocycles. The Morgan fingerprint density at radius 2 is 1.93 bits per heavy atom. The third-order valence-electron chi connectivity index (χ3n) is 4.61. The molecule has 1 N–H and O–H groups in total. The first-order valence-corrected chi connectivity index (χ1v) is 8.99. The summed E-state index contributed by atoms with van der Waals surface area (Å²) in [5.74, 6) is -0.457. The van der Waals surface area contributed by atoms with Crippen LogP contribution in [0.1, 0.15) is 32.9 Å². The van der Waals surface area contributed by atoms with Crippen molar-refractivity contribution in [2.75, 3.05) is 5.32 Å². The minimum absolute atomic E-state index is 0.0139. The molecular weight excluding hydrogens is 380 g/mol. The number of hydrogen-bond donors (Lipinski definition) is 1. The Morgan fingerprint density at radius 1 is 1.21 bits per heavy atom. The van der Waals surface area contributed by atoms with Crippen molar-refractivity contribution in [1.82, 2.24) is 9.78 Å². The van der Waals surface area contributed by atoms with E-state index in [1.807, 2.05) is 42.8 Å². The van der Waals surface area contributed by atoms with Gasteiger partial charge in [0.05, 0.1) is 28.5 Å². The van der Waals surface area contributed by atoms with Crippen LogP contribution in [0.15, 0.2) is 42.5 Å². The summed E-state index contributed by atoms with van der Waals surface area (Å²) in [7, 11) is 0. The van der Waals surface area contributed by atoms with Gasteiger partial charge in [0.15, 0.2) is 0 Å². The van der Waals surface area contributed by atoms with Crippen molar-refractivity contribution in [3.05, 3.63) is 85.7 Å². The van der Waals surface area contributed by atoms with Crippen LogP contribution in [0.4, 0.5) is 11.4 Å². The molecular formula is C20H19ClN4O3. The van der Waals surface area contributed by atoms with E-state index in [1.165, 1.54) is 18.2 Å². The van der Waals surface area contributed by atoms with Crippen molar-refractivity contribution in [2.45, 2.75) is 27.3 Å². The number of hydrogen-bond acceptors (Lipinski definition) is 4. The summed E-state index contributed by atoms with van der Waals surface area (Å²) in [6.45, 7) is 6.30. The quantitative estimate of drug-likeness (QED) is 0.499. The molecule has 0 radical (unpaired) electrons. The predicted molar refractivity (Wildman–Crippen MR) is 108 cm³/mol. The number of halogens is 1. The lowest BCUT2D eigenvalue weighted by Crippen LogP contribution is -2.14. The number of carbonyl (C=O) groups is 1. The second-order valence-corrected chi connectivity index (χ2v) is 6.91. The maximum Gasteiger partial charge on any atom is 0.288 e. The van der Waals surface area contributed by atoms with Gasteiger partial charge in [0.2, 0.25) is 0 Å². The van der Waals surface area contributed by atoms with Gasteiger partial charge >= 0.3 is 0 Å². The van der Waals surface area contributed by atoms with Crippen LogP contribution in [0, 0.1) is 30.9 Å². The van der Waals surface area contributed by atoms with Gasteiger partial charge in [-0.25, -0.2) is 0 Å². The molecule has 1 aromatic heterocycles. The first-order chi connectivity index (χ1) is 13.3. The molecule has 1 heterocycles. The average molecular weight is 399 g/mol. The number of nitro groups is 1. The van der Waals surface area contributed by atoms with E-state index >= 15 is 0 Å². The lowest BCUT2D eigenvalue weighted by Gasteiger charge is -2.09. The van der Waals surface area contributed by atoms with E-state index in [0.717, 1.165) is 16.8 Å². The molecule has 0 aliphatic rings. The van der Waals surface area contributed by atoms with Crippen LogP contribution >= 0.6 is 11.6 Å². The Hall–Kier alpha value is -3.19. The molecule has 0 saturated carbocycles. The Kier molecular flexibility index (Phi) is 5.46. The number of nitrogens with zero attached hydrogens (tertiary/aromatic N) is 3. The molecule has 3 aromatic rings. The fraction of sp³-hybridized carbons (Fsp3) is 0.200. The number of anilines is 1. The molecule has 0 unspecified atom stereocenters. The zero-order chi connectivity index (χ0) is 20.4. The van der Waals surface area contributed by atoms with Gasteiger partial charge in [-0.2, -0.15) is 5.10 Å². The highest BCUT2D eigenvalue weighted by atomic mass is 35.5. The van der Waals surface area contributed by atoms with Crippen LogP contribution in [0.3, 0.4) is 0 Å². The highest BCUT2D eigenvalue weighted by molar-refractivity contribution is 6.32. The van der Waals surface area contributed by atoms with Crippen LogP contribution in [0.2, 0.25) is 5.02 Å². The van der Waals surface area contributed by atoms with Crippen molar-refractivity contribution in [1.29, 1.82) is 0 Å². The van der Waals surface area contributed by atoms with Crippen LogP contribution < -0.4 is 5.32 Å². The van der Waals surface area contributed by atoms with Crippen LogP contribution in [0.25, 0.3) is 0 Å². The summed E-state index contributed by atoms with van der Waals surface area (Å²) >= 11 is 5.81. The molecule has 0 fully saturated rings. The van der Waals surface area contributed by atoms with Crippen LogP contribution in [-0.2, 0) is 6.54 Å². The molecule has 144 valence electrons. The van der Waals surface area contributed by atoms with Crippen LogP contribution in [-0.4, -0.2) is 20.6 Å². The summed E-state index contributed by atoms with van der Waals surface area (Å²) in [6, 6.07) is 12.0. The van der Waals surface area contributed by atoms with Gasteiger partial charge in [-0.3, -0.25) is 19.6 Å². The Morgan fingerprint density at radius 3 is 2.61 bits per heavy atom. The van der Waals surface area contributed by atoms with Gasteiger partial charge in [-0.1, -0.05) is 35.9 Å². The third-order valence-corrected chi connectivity index (χ3v) is 4.93. The molecule has 2 aromatic carbocycles. The number of aromatic nitrogens is 2. The summed E-state index contributed by atoms with van der Waals surface area (Å²) < 4.78 is 1.83. The van der Waals surface area contributed by atoms with Gasteiger partial charge in [0.25, 0.3) is 11.6 Å². The lowest BCUT2D eigenvalue weighted by atomic mass is 10.1. The van der Waals surface area contributed by atoms with Gasteiger partial charge < -0.3 is 5.32 Å². The standard InChI is InChI=1S/C20H19ClN4O3/c1-12-6-4-5-7-16(12)11-24-14(3)19(13(2)23-24)22-20(26)15-8-9-17(21)18(10-15)25(27)28/h4-10H,11H2,1-3H3,(H,22,26). The van der Waals surface area contributed by atoms with E-state index in [9.17, 15) is 14.9 Å². The van der Waals surface area contributed by atoms with Crippen molar-refractivity contribution in [2.24, 2.45) is 0 Å². The Bertz CT molecular complexity index is 1080. The molecule has 8 heteroatoms. The van der Waals surface area contributed by atoms with E-state index < -0.39 is 10.8 Å². The predicted octanol–water partition coefficient (Wildman–Crippen LogP) is 4.67. The SMILES string of the molecule is Cc1ccccc1Cn1nc(C)c(NC(=O)c2ccc(Cl)c([N+](=O)[O-])c2)c1C. The maximum absolute atomic E-state index is 12.6. The van der Waals surface area contributed by atoms with Crippen molar-refractivity contribution >= 4 is 28.9 Å². The fourth-order valence-electron chi connectivity index (χ4n) is 2.96. The van der Waals surface area contributed by atoms with E-state index in [-0.39, 0.29) is 16.3 Å². The molecule has 0 bridgehead atoms. The molecule has 7 nitrogen and oxygen atoms in total. The van der Waals surface area contributed by atoms with E-state index in [4.69, 9.17) is 11.6 Å². The van der Waals surface area contributed by atoms with E-state index in [2.05, 4.69) is 10.4 Å². The molecule has 3 rings (SSSR count). The number of nitro benzene ring substituents is 1. The normalized spacial score (nSPS) is 10.7. The number of rotatable bonds is 5. The monoisotopic (exact) mass is 398 g/mol. The minimum Gasteiger partial charge on any atom is -0.319 e. The number of nitrogens with one attached hydrogen (secondary N) is 1. The first kappa shape index (κ1) is 19.6. The molecule has 0 spiro atoms. The van der Waals surface area contributed by atoms with Gasteiger partial charge in [-0.05, 0) is 44.0 Å². The van der Waals surface area contributed by atoms with Gasteiger partial charge in [-0.15, -0.1) is 0 Å². The second kappa shape index (κ2) is 7.82. The fourth-order valence-corrected chi connectivity index (χ4v) is 3.15. The molecule has 1 amide bonds. The number of benzene rings is 2. The summed E-state index contributed by atoms with van der Waals surface area (Å²) in [5.41, 5.74) is 4.21. The van der Waals surface area contributed by atoms with Crippen molar-refractivity contribution in [3.8, 4) is 0 Å². The van der Waals surface area contributed by atoms with Gasteiger partial charge in [0, 0.05) is 11.6 Å². The zero-order valence-electron chi connectivity index (χ0n) is 15.7. The third kappa shape index (κ3) is 3.89. The van der Waals surface area contributed by atoms with E-state index in [1.54, 1.807) is 6.92 Å². The Labute approximate surface area is 167 Å². The molecule has 0 saturated heterocycles. The number of carbonyl (C=O) groups excluding carboxylic acids is 1. The second-order valence-electron chi connectivity index (χ2n) is 6.51. The van der Waals surface area contributed by atoms with Crippen molar-refractivity contribution in [3.63, 3.8) is 0 Å². The molecule has 28 heavy (non-hydrogen) atoms. The van der Waals surface area contributed by atoms with Crippen molar-refractivity contribution < 1.29 is 9.72 Å². The summed E-state index contributed by atoms with van der Waals surface area (Å²) in [5, 5.41) is 18.4. The van der Waals surface area contributed by atoms with Gasteiger partial charge in [0.1, 0.15) is 5.02 Å². The number of aryl methyl sites for hydroxylation is 2. The van der Waals surface area contributed by atoms with E-state index in [0.29, 0.717) is 17.9 Å². The zero-order valence-corrected chi connectivity index (χ0v) is 16.4. The topological polar surface area (TPSA) is 90.1 Å². The first-order valence-electron chi connectivity index (χ1n) is 8.61. The smallest absolute Gasteiger partial charge is 0.288 e. The summed E-state index contributed by atoms with van der Waals surface area (Å²) in [4.78, 5) is 23.0. The highest BCUT2D eigenvalue weighted by Crippen LogP contribution is 2.27.